The summed E-state index contributed by atoms with van der Waals surface area (Å²) in [6.07, 6.45) is 2.12. The van der Waals surface area contributed by atoms with E-state index in [0.717, 1.165) is 30.9 Å². The monoisotopic (exact) mass is 300 g/mol. The molecule has 118 valence electrons. The Labute approximate surface area is 132 Å². The molecule has 2 rings (SSSR count). The Morgan fingerprint density at radius 2 is 1.36 bits per heavy atom. The average molecular weight is 300 g/mol. The van der Waals surface area contributed by atoms with Crippen LogP contribution in [0.15, 0.2) is 48.5 Å². The maximum absolute atomic E-state index is 5.90. The summed E-state index contributed by atoms with van der Waals surface area (Å²) in [7, 11) is 3.36. The fourth-order valence-electron chi connectivity index (χ4n) is 2.30. The number of hydrogen-bond donors (Lipinski definition) is 0. The van der Waals surface area contributed by atoms with Gasteiger partial charge in [0.05, 0.1) is 20.3 Å². The van der Waals surface area contributed by atoms with Crippen molar-refractivity contribution in [2.75, 3.05) is 20.8 Å². The lowest BCUT2D eigenvalue weighted by Gasteiger charge is -2.14. The second-order valence-corrected chi connectivity index (χ2v) is 5.24. The predicted octanol–water partition coefficient (Wildman–Crippen LogP) is 4.41. The molecule has 3 nitrogen and oxygen atoms in total. The van der Waals surface area contributed by atoms with Gasteiger partial charge in [0.2, 0.25) is 0 Å². The number of methoxy groups -OCH3 is 2. The molecule has 1 atom stereocenters. The molecule has 0 spiro atoms. The van der Waals surface area contributed by atoms with Crippen molar-refractivity contribution in [2.24, 2.45) is 0 Å². The number of rotatable bonds is 8. The lowest BCUT2D eigenvalue weighted by Crippen LogP contribution is -2.03. The van der Waals surface area contributed by atoms with Crippen LogP contribution in [-0.2, 0) is 11.2 Å². The zero-order valence-electron chi connectivity index (χ0n) is 13.5. The predicted molar refractivity (Wildman–Crippen MR) is 88.7 cm³/mol. The van der Waals surface area contributed by atoms with Crippen molar-refractivity contribution in [2.45, 2.75) is 25.9 Å². The quantitative estimate of drug-likeness (QED) is 0.676. The second kappa shape index (κ2) is 8.44. The van der Waals surface area contributed by atoms with Crippen molar-refractivity contribution >= 4 is 0 Å². The first-order chi connectivity index (χ1) is 10.7. The Balaban J connectivity index is 1.72. The van der Waals surface area contributed by atoms with Gasteiger partial charge in [-0.15, -0.1) is 0 Å². The van der Waals surface area contributed by atoms with Crippen LogP contribution in [0.3, 0.4) is 0 Å². The fraction of sp³-hybridized carbons (Fsp3) is 0.368. The minimum atomic E-state index is 0.0989. The first-order valence-corrected chi connectivity index (χ1v) is 7.61. The molecule has 0 amide bonds. The molecule has 0 aliphatic rings. The van der Waals surface area contributed by atoms with Crippen molar-refractivity contribution in [3.8, 4) is 11.5 Å². The zero-order valence-corrected chi connectivity index (χ0v) is 13.5. The summed E-state index contributed by atoms with van der Waals surface area (Å²) in [5.74, 6) is 1.77. The highest BCUT2D eigenvalue weighted by Crippen LogP contribution is 2.20. The van der Waals surface area contributed by atoms with Gasteiger partial charge in [-0.3, -0.25) is 0 Å². The summed E-state index contributed by atoms with van der Waals surface area (Å²) in [5, 5.41) is 0. The third kappa shape index (κ3) is 4.78. The Kier molecular flexibility index (Phi) is 6.28. The van der Waals surface area contributed by atoms with Gasteiger partial charge in [0.25, 0.3) is 0 Å². The summed E-state index contributed by atoms with van der Waals surface area (Å²) < 4.78 is 16.2. The minimum Gasteiger partial charge on any atom is -0.497 e. The van der Waals surface area contributed by atoms with E-state index in [1.165, 1.54) is 11.1 Å². The number of ether oxygens (including phenoxy) is 3. The van der Waals surface area contributed by atoms with E-state index in [4.69, 9.17) is 14.2 Å². The van der Waals surface area contributed by atoms with E-state index in [1.807, 2.05) is 36.4 Å². The van der Waals surface area contributed by atoms with E-state index in [2.05, 4.69) is 19.1 Å². The van der Waals surface area contributed by atoms with Crippen molar-refractivity contribution in [3.05, 3.63) is 59.7 Å². The molecule has 0 aliphatic carbocycles. The molecule has 0 fully saturated rings. The molecule has 1 unspecified atom stereocenters. The second-order valence-electron chi connectivity index (χ2n) is 5.24. The van der Waals surface area contributed by atoms with Crippen LogP contribution in [0.25, 0.3) is 0 Å². The van der Waals surface area contributed by atoms with Crippen molar-refractivity contribution in [1.82, 2.24) is 0 Å². The van der Waals surface area contributed by atoms with Gasteiger partial charge in [0.1, 0.15) is 11.5 Å². The van der Waals surface area contributed by atoms with Gasteiger partial charge in [-0.1, -0.05) is 24.3 Å². The van der Waals surface area contributed by atoms with Gasteiger partial charge in [-0.2, -0.15) is 0 Å². The van der Waals surface area contributed by atoms with Crippen LogP contribution in [0.4, 0.5) is 0 Å². The normalized spacial score (nSPS) is 12.0. The Morgan fingerprint density at radius 1 is 0.818 bits per heavy atom. The maximum atomic E-state index is 5.90. The number of hydrogen-bond acceptors (Lipinski definition) is 3. The van der Waals surface area contributed by atoms with Crippen LogP contribution in [0.1, 0.15) is 30.6 Å². The van der Waals surface area contributed by atoms with Crippen molar-refractivity contribution in [3.63, 3.8) is 0 Å². The van der Waals surface area contributed by atoms with Crippen LogP contribution in [-0.4, -0.2) is 20.8 Å². The third-order valence-electron chi connectivity index (χ3n) is 3.72. The Bertz CT molecular complexity index is 546. The molecule has 0 saturated carbocycles. The van der Waals surface area contributed by atoms with E-state index >= 15 is 0 Å². The molecule has 3 heteroatoms. The largest absolute Gasteiger partial charge is 0.497 e. The standard InChI is InChI=1S/C19H24O3/c1-15(17-8-12-19(21-3)13-9-17)22-14-4-5-16-6-10-18(20-2)11-7-16/h6-13,15H,4-5,14H2,1-3H3. The lowest BCUT2D eigenvalue weighted by molar-refractivity contribution is 0.0641. The van der Waals surface area contributed by atoms with Crippen LogP contribution in [0.2, 0.25) is 0 Å². The maximum Gasteiger partial charge on any atom is 0.118 e. The van der Waals surface area contributed by atoms with Crippen LogP contribution >= 0.6 is 0 Å². The first kappa shape index (κ1) is 16.4. The van der Waals surface area contributed by atoms with Crippen molar-refractivity contribution < 1.29 is 14.2 Å². The van der Waals surface area contributed by atoms with E-state index in [0.29, 0.717) is 0 Å². The highest BCUT2D eigenvalue weighted by molar-refractivity contribution is 5.28. The molecule has 0 bridgehead atoms. The van der Waals surface area contributed by atoms with Gasteiger partial charge >= 0.3 is 0 Å². The highest BCUT2D eigenvalue weighted by atomic mass is 16.5. The molecule has 0 N–H and O–H groups in total. The van der Waals surface area contributed by atoms with Gasteiger partial charge < -0.3 is 14.2 Å². The van der Waals surface area contributed by atoms with E-state index < -0.39 is 0 Å². The first-order valence-electron chi connectivity index (χ1n) is 7.61. The highest BCUT2D eigenvalue weighted by Gasteiger charge is 2.05. The Morgan fingerprint density at radius 3 is 1.91 bits per heavy atom. The summed E-state index contributed by atoms with van der Waals surface area (Å²) in [6.45, 7) is 2.83. The SMILES string of the molecule is COc1ccc(CCCOC(C)c2ccc(OC)cc2)cc1. The third-order valence-corrected chi connectivity index (χ3v) is 3.72. The molecular weight excluding hydrogens is 276 g/mol. The summed E-state index contributed by atoms with van der Waals surface area (Å²) >= 11 is 0. The number of aryl methyl sites for hydroxylation is 1. The molecule has 22 heavy (non-hydrogen) atoms. The molecule has 0 saturated heterocycles. The average Bonchev–Trinajstić information content (AvgIpc) is 2.59. The molecule has 2 aromatic rings. The molecule has 0 aromatic heterocycles. The fourth-order valence-corrected chi connectivity index (χ4v) is 2.30. The van der Waals surface area contributed by atoms with Gasteiger partial charge in [0.15, 0.2) is 0 Å². The molecule has 0 aliphatic heterocycles. The topological polar surface area (TPSA) is 27.7 Å². The van der Waals surface area contributed by atoms with E-state index in [9.17, 15) is 0 Å². The number of benzene rings is 2. The van der Waals surface area contributed by atoms with Crippen LogP contribution in [0, 0.1) is 0 Å². The molecular formula is C19H24O3. The van der Waals surface area contributed by atoms with Gasteiger partial charge in [-0.05, 0) is 55.2 Å². The minimum absolute atomic E-state index is 0.0989. The van der Waals surface area contributed by atoms with E-state index in [1.54, 1.807) is 14.2 Å². The van der Waals surface area contributed by atoms with Gasteiger partial charge in [0, 0.05) is 6.61 Å². The molecule has 0 radical (unpaired) electrons. The summed E-state index contributed by atoms with van der Waals surface area (Å²) in [4.78, 5) is 0. The van der Waals surface area contributed by atoms with Gasteiger partial charge in [-0.25, -0.2) is 0 Å². The van der Waals surface area contributed by atoms with Crippen LogP contribution in [0.5, 0.6) is 11.5 Å². The van der Waals surface area contributed by atoms with E-state index in [-0.39, 0.29) is 6.10 Å². The zero-order chi connectivity index (χ0) is 15.8. The van der Waals surface area contributed by atoms with Crippen LogP contribution < -0.4 is 9.47 Å². The summed E-state index contributed by atoms with van der Waals surface area (Å²) in [6, 6.07) is 16.2. The molecule has 2 aromatic carbocycles. The summed E-state index contributed by atoms with van der Waals surface area (Å²) in [5.41, 5.74) is 2.48. The Hall–Kier alpha value is -2.00. The van der Waals surface area contributed by atoms with Crippen molar-refractivity contribution in [1.29, 1.82) is 0 Å². The molecule has 0 heterocycles. The smallest absolute Gasteiger partial charge is 0.118 e. The lowest BCUT2D eigenvalue weighted by atomic mass is 10.1.